The first-order valence-electron chi connectivity index (χ1n) is 9.08. The maximum absolute atomic E-state index is 12.5. The number of nitrogens with zero attached hydrogens (tertiary/aromatic N) is 2. The summed E-state index contributed by atoms with van der Waals surface area (Å²) in [5, 5.41) is 10.4. The molecule has 1 N–H and O–H groups in total. The molecule has 3 aromatic rings. The smallest absolute Gasteiger partial charge is 0.266 e. The Morgan fingerprint density at radius 2 is 1.75 bits per heavy atom. The maximum Gasteiger partial charge on any atom is 0.266 e. The fourth-order valence-corrected chi connectivity index (χ4v) is 2.81. The van der Waals surface area contributed by atoms with Crippen molar-refractivity contribution in [3.8, 4) is 22.8 Å². The molecule has 0 bridgehead atoms. The van der Waals surface area contributed by atoms with Crippen LogP contribution < -0.4 is 14.8 Å². The van der Waals surface area contributed by atoms with Crippen LogP contribution in [0.25, 0.3) is 11.3 Å². The molecule has 0 spiro atoms. The van der Waals surface area contributed by atoms with E-state index in [4.69, 9.17) is 14.1 Å². The molecular formula is C21H23N3O4. The zero-order valence-electron chi connectivity index (χ0n) is 16.4. The quantitative estimate of drug-likeness (QED) is 0.661. The molecule has 0 saturated heterocycles. The van der Waals surface area contributed by atoms with Gasteiger partial charge in [-0.15, -0.1) is 0 Å². The zero-order chi connectivity index (χ0) is 20.1. The largest absolute Gasteiger partial charge is 0.494 e. The van der Waals surface area contributed by atoms with Crippen molar-refractivity contribution in [2.75, 3.05) is 11.9 Å². The Labute approximate surface area is 163 Å². The van der Waals surface area contributed by atoms with E-state index in [-0.39, 0.29) is 11.7 Å². The van der Waals surface area contributed by atoms with E-state index in [9.17, 15) is 4.79 Å². The van der Waals surface area contributed by atoms with Gasteiger partial charge in [0, 0.05) is 5.56 Å². The average Bonchev–Trinajstić information content (AvgIpc) is 3.10. The molecule has 146 valence electrons. The van der Waals surface area contributed by atoms with Gasteiger partial charge in [-0.3, -0.25) is 4.79 Å². The average molecular weight is 381 g/mol. The minimum atomic E-state index is -0.717. The van der Waals surface area contributed by atoms with Crippen molar-refractivity contribution < 1.29 is 18.9 Å². The summed E-state index contributed by atoms with van der Waals surface area (Å²) in [7, 11) is 0. The molecule has 1 atom stereocenters. The Balaban J connectivity index is 1.70. The van der Waals surface area contributed by atoms with Crippen molar-refractivity contribution in [2.45, 2.75) is 33.8 Å². The lowest BCUT2D eigenvalue weighted by atomic mass is 10.1. The van der Waals surface area contributed by atoms with Crippen molar-refractivity contribution in [2.24, 2.45) is 0 Å². The number of hydrogen-bond acceptors (Lipinski definition) is 6. The van der Waals surface area contributed by atoms with Crippen LogP contribution in [0.3, 0.4) is 0 Å². The molecule has 1 amide bonds. The first-order valence-corrected chi connectivity index (χ1v) is 9.08. The molecule has 3 rings (SSSR count). The Morgan fingerprint density at radius 1 is 1.07 bits per heavy atom. The Morgan fingerprint density at radius 3 is 2.39 bits per heavy atom. The van der Waals surface area contributed by atoms with Gasteiger partial charge in [0.15, 0.2) is 11.8 Å². The summed E-state index contributed by atoms with van der Waals surface area (Å²) in [4.78, 5) is 12.5. The normalized spacial score (nSPS) is 11.7. The maximum atomic E-state index is 12.5. The highest BCUT2D eigenvalue weighted by Gasteiger charge is 2.20. The van der Waals surface area contributed by atoms with E-state index in [0.717, 1.165) is 22.4 Å². The molecule has 7 nitrogen and oxygen atoms in total. The van der Waals surface area contributed by atoms with Gasteiger partial charge in [-0.2, -0.15) is 0 Å². The number of nitrogens with one attached hydrogen (secondary N) is 1. The lowest BCUT2D eigenvalue weighted by molar-refractivity contribution is -0.122. The van der Waals surface area contributed by atoms with Crippen LogP contribution in [0.4, 0.5) is 5.82 Å². The van der Waals surface area contributed by atoms with Gasteiger partial charge in [0.1, 0.15) is 11.5 Å². The number of aromatic nitrogens is 2. The highest BCUT2D eigenvalue weighted by Crippen LogP contribution is 2.26. The molecule has 1 aromatic heterocycles. The molecular weight excluding hydrogens is 358 g/mol. The molecule has 0 aliphatic carbocycles. The second-order valence-corrected chi connectivity index (χ2v) is 6.49. The summed E-state index contributed by atoms with van der Waals surface area (Å²) in [5.74, 6) is 1.29. The number of anilines is 1. The van der Waals surface area contributed by atoms with E-state index in [1.54, 1.807) is 6.92 Å². The second kappa shape index (κ2) is 8.56. The highest BCUT2D eigenvalue weighted by atomic mass is 16.6. The molecule has 0 aliphatic heterocycles. The van der Waals surface area contributed by atoms with Gasteiger partial charge in [0.25, 0.3) is 5.91 Å². The van der Waals surface area contributed by atoms with Crippen molar-refractivity contribution in [3.63, 3.8) is 0 Å². The van der Waals surface area contributed by atoms with Gasteiger partial charge < -0.3 is 14.8 Å². The van der Waals surface area contributed by atoms with Gasteiger partial charge in [-0.25, -0.2) is 4.63 Å². The van der Waals surface area contributed by atoms with Gasteiger partial charge in [0.2, 0.25) is 5.82 Å². The van der Waals surface area contributed by atoms with Crippen LogP contribution in [0.2, 0.25) is 0 Å². The van der Waals surface area contributed by atoms with E-state index in [2.05, 4.69) is 15.6 Å². The molecule has 2 aromatic carbocycles. The SMILES string of the molecule is CCOc1ccc(-c2nonc2NC(=O)C(C)Oc2cc(C)cc(C)c2)cc1. The minimum Gasteiger partial charge on any atom is -0.494 e. The Kier molecular flexibility index (Phi) is 5.93. The number of rotatable bonds is 7. The molecule has 28 heavy (non-hydrogen) atoms. The number of ether oxygens (including phenoxy) is 2. The first kappa shape index (κ1) is 19.4. The van der Waals surface area contributed by atoms with Gasteiger partial charge >= 0.3 is 0 Å². The third kappa shape index (κ3) is 4.68. The topological polar surface area (TPSA) is 86.5 Å². The number of carbonyl (C=O) groups excluding carboxylic acids is 1. The van der Waals surface area contributed by atoms with Crippen LogP contribution in [0.1, 0.15) is 25.0 Å². The lowest BCUT2D eigenvalue weighted by Crippen LogP contribution is -2.30. The minimum absolute atomic E-state index is 0.241. The van der Waals surface area contributed by atoms with Crippen LogP contribution in [0.15, 0.2) is 47.1 Å². The number of benzene rings is 2. The number of amides is 1. The molecule has 1 heterocycles. The summed E-state index contributed by atoms with van der Waals surface area (Å²) in [6.07, 6.45) is -0.717. The second-order valence-electron chi connectivity index (χ2n) is 6.49. The van der Waals surface area contributed by atoms with E-state index >= 15 is 0 Å². The molecule has 0 fully saturated rings. The number of aryl methyl sites for hydroxylation is 2. The van der Waals surface area contributed by atoms with Crippen LogP contribution >= 0.6 is 0 Å². The summed E-state index contributed by atoms with van der Waals surface area (Å²) in [6.45, 7) is 8.15. The van der Waals surface area contributed by atoms with E-state index in [0.29, 0.717) is 18.1 Å². The van der Waals surface area contributed by atoms with Gasteiger partial charge in [0.05, 0.1) is 6.61 Å². The van der Waals surface area contributed by atoms with E-state index in [1.165, 1.54) is 0 Å². The fraction of sp³-hybridized carbons (Fsp3) is 0.286. The van der Waals surface area contributed by atoms with E-state index in [1.807, 2.05) is 63.2 Å². The van der Waals surface area contributed by atoms with Crippen LogP contribution in [0.5, 0.6) is 11.5 Å². The third-order valence-corrected chi connectivity index (χ3v) is 4.05. The van der Waals surface area contributed by atoms with Crippen LogP contribution in [-0.4, -0.2) is 28.9 Å². The monoisotopic (exact) mass is 381 g/mol. The summed E-state index contributed by atoms with van der Waals surface area (Å²) >= 11 is 0. The molecule has 0 radical (unpaired) electrons. The zero-order valence-corrected chi connectivity index (χ0v) is 16.4. The first-order chi connectivity index (χ1) is 13.5. The molecule has 0 saturated carbocycles. The fourth-order valence-electron chi connectivity index (χ4n) is 2.81. The highest BCUT2D eigenvalue weighted by molar-refractivity contribution is 5.96. The van der Waals surface area contributed by atoms with Crippen molar-refractivity contribution >= 4 is 11.7 Å². The van der Waals surface area contributed by atoms with Gasteiger partial charge in [-0.1, -0.05) is 6.07 Å². The van der Waals surface area contributed by atoms with Gasteiger partial charge in [-0.05, 0) is 85.5 Å². The van der Waals surface area contributed by atoms with E-state index < -0.39 is 6.10 Å². The summed E-state index contributed by atoms with van der Waals surface area (Å²) in [6, 6.07) is 13.1. The van der Waals surface area contributed by atoms with Crippen LogP contribution in [0, 0.1) is 13.8 Å². The Hall–Kier alpha value is -3.35. The summed E-state index contributed by atoms with van der Waals surface area (Å²) < 4.78 is 16.0. The number of hydrogen-bond donors (Lipinski definition) is 1. The molecule has 1 unspecified atom stereocenters. The molecule has 0 aliphatic rings. The standard InChI is InChI=1S/C21H23N3O4/c1-5-26-17-8-6-16(7-9-17)19-20(24-28-23-19)22-21(25)15(4)27-18-11-13(2)10-14(3)12-18/h6-12,15H,5H2,1-4H3,(H,22,24,25). The third-order valence-electron chi connectivity index (χ3n) is 4.05. The van der Waals surface area contributed by atoms with Crippen molar-refractivity contribution in [1.29, 1.82) is 0 Å². The summed E-state index contributed by atoms with van der Waals surface area (Å²) in [5.41, 5.74) is 3.33. The predicted molar refractivity (Wildman–Crippen MR) is 106 cm³/mol. The molecule has 7 heteroatoms. The van der Waals surface area contributed by atoms with Crippen molar-refractivity contribution in [1.82, 2.24) is 10.3 Å². The predicted octanol–water partition coefficient (Wildman–Crippen LogP) is 4.16. The van der Waals surface area contributed by atoms with Crippen LogP contribution in [-0.2, 0) is 4.79 Å². The number of carbonyl (C=O) groups is 1. The Bertz CT molecular complexity index is 930. The lowest BCUT2D eigenvalue weighted by Gasteiger charge is -2.15. The van der Waals surface area contributed by atoms with Crippen molar-refractivity contribution in [3.05, 3.63) is 53.6 Å².